The van der Waals surface area contributed by atoms with Gasteiger partial charge in [-0.3, -0.25) is 0 Å². The highest BCUT2D eigenvalue weighted by atomic mass is 79.9. The van der Waals surface area contributed by atoms with Crippen LogP contribution in [0.4, 0.5) is 5.69 Å². The molecule has 0 bridgehead atoms. The van der Waals surface area contributed by atoms with E-state index in [0.29, 0.717) is 5.01 Å². The maximum absolute atomic E-state index is 11.2. The summed E-state index contributed by atoms with van der Waals surface area (Å²) in [6.45, 7) is 0. The number of hydrogen-bond donors (Lipinski definition) is 2. The highest BCUT2D eigenvalue weighted by Crippen LogP contribution is 2.22. The molecule has 0 radical (unpaired) electrons. The Bertz CT molecular complexity index is 499. The molecule has 1 unspecified atom stereocenters. The lowest BCUT2D eigenvalue weighted by atomic mass is 10.2. The molecule has 0 spiro atoms. The molecule has 2 aromatic rings. The summed E-state index contributed by atoms with van der Waals surface area (Å²) in [5, 5.41) is 14.4. The second-order valence-electron chi connectivity index (χ2n) is 3.29. The molecular weight excluding hydrogens is 304 g/mol. The molecule has 0 aliphatic rings. The molecule has 17 heavy (non-hydrogen) atoms. The summed E-state index contributed by atoms with van der Waals surface area (Å²) in [4.78, 5) is 15.2. The third-order valence-corrected chi connectivity index (χ3v) is 3.47. The smallest absolute Gasteiger partial charge is 0.333 e. The van der Waals surface area contributed by atoms with Gasteiger partial charge in [-0.05, 0) is 24.3 Å². The van der Waals surface area contributed by atoms with Gasteiger partial charge in [-0.2, -0.15) is 0 Å². The Labute approximate surface area is 110 Å². The standard InChI is InChI=1S/C11H9BrN2O2S/c12-7-1-3-8(4-2-7)14-9(11(15)16)10-13-5-6-17-10/h1-6,9,14H,(H,15,16). The van der Waals surface area contributed by atoms with Crippen molar-refractivity contribution in [2.45, 2.75) is 6.04 Å². The van der Waals surface area contributed by atoms with E-state index in [1.807, 2.05) is 24.3 Å². The van der Waals surface area contributed by atoms with Crippen molar-refractivity contribution in [2.75, 3.05) is 5.32 Å². The molecule has 0 saturated heterocycles. The Hall–Kier alpha value is -1.40. The first kappa shape index (κ1) is 12.1. The first-order valence-electron chi connectivity index (χ1n) is 4.81. The monoisotopic (exact) mass is 312 g/mol. The number of carbonyl (C=O) groups is 1. The molecule has 0 saturated carbocycles. The van der Waals surface area contributed by atoms with Gasteiger partial charge in [0.15, 0.2) is 6.04 Å². The molecule has 0 fully saturated rings. The molecule has 1 heterocycles. The zero-order chi connectivity index (χ0) is 12.3. The van der Waals surface area contributed by atoms with E-state index in [-0.39, 0.29) is 0 Å². The molecular formula is C11H9BrN2O2S. The Morgan fingerprint density at radius 2 is 2.12 bits per heavy atom. The van der Waals surface area contributed by atoms with Crippen molar-refractivity contribution in [1.29, 1.82) is 0 Å². The SMILES string of the molecule is O=C(O)C(Nc1ccc(Br)cc1)c1nccs1. The van der Waals surface area contributed by atoms with Crippen LogP contribution >= 0.6 is 27.3 Å². The fourth-order valence-electron chi connectivity index (χ4n) is 1.32. The van der Waals surface area contributed by atoms with E-state index >= 15 is 0 Å². The highest BCUT2D eigenvalue weighted by molar-refractivity contribution is 9.10. The number of thiazole rings is 1. The molecule has 2 N–H and O–H groups in total. The minimum atomic E-state index is -0.942. The van der Waals surface area contributed by atoms with Crippen molar-refractivity contribution in [2.24, 2.45) is 0 Å². The lowest BCUT2D eigenvalue weighted by Crippen LogP contribution is -2.20. The van der Waals surface area contributed by atoms with Crippen LogP contribution in [-0.4, -0.2) is 16.1 Å². The van der Waals surface area contributed by atoms with Gasteiger partial charge in [-0.15, -0.1) is 11.3 Å². The molecule has 88 valence electrons. The summed E-state index contributed by atoms with van der Waals surface area (Å²) in [5.41, 5.74) is 0.746. The van der Waals surface area contributed by atoms with Gasteiger partial charge in [0.25, 0.3) is 0 Å². The third kappa shape index (κ3) is 3.04. The van der Waals surface area contributed by atoms with Gasteiger partial charge in [0.2, 0.25) is 0 Å². The topological polar surface area (TPSA) is 62.2 Å². The number of anilines is 1. The van der Waals surface area contributed by atoms with E-state index in [2.05, 4.69) is 26.2 Å². The van der Waals surface area contributed by atoms with Crippen LogP contribution in [0, 0.1) is 0 Å². The first-order chi connectivity index (χ1) is 8.16. The van der Waals surface area contributed by atoms with Gasteiger partial charge in [0.1, 0.15) is 5.01 Å². The van der Waals surface area contributed by atoms with Gasteiger partial charge < -0.3 is 10.4 Å². The molecule has 0 aliphatic heterocycles. The van der Waals surface area contributed by atoms with Crippen LogP contribution < -0.4 is 5.32 Å². The maximum Gasteiger partial charge on any atom is 0.333 e. The number of nitrogens with zero attached hydrogens (tertiary/aromatic N) is 1. The minimum Gasteiger partial charge on any atom is -0.479 e. The van der Waals surface area contributed by atoms with Crippen LogP contribution in [0.2, 0.25) is 0 Å². The van der Waals surface area contributed by atoms with Gasteiger partial charge in [-0.25, -0.2) is 9.78 Å². The number of carboxylic acids is 1. The predicted octanol–water partition coefficient (Wildman–Crippen LogP) is 3.14. The summed E-state index contributed by atoms with van der Waals surface area (Å²) in [6, 6.07) is 6.52. The van der Waals surface area contributed by atoms with Crippen LogP contribution in [-0.2, 0) is 4.79 Å². The van der Waals surface area contributed by atoms with Crippen LogP contribution in [0.25, 0.3) is 0 Å². The quantitative estimate of drug-likeness (QED) is 0.910. The molecule has 1 aromatic carbocycles. The Kier molecular flexibility index (Phi) is 3.75. The largest absolute Gasteiger partial charge is 0.479 e. The Morgan fingerprint density at radius 1 is 1.41 bits per heavy atom. The van der Waals surface area contributed by atoms with Gasteiger partial charge in [0, 0.05) is 21.7 Å². The lowest BCUT2D eigenvalue weighted by molar-refractivity contribution is -0.138. The van der Waals surface area contributed by atoms with Crippen molar-refractivity contribution >= 4 is 38.9 Å². The molecule has 1 aromatic heterocycles. The van der Waals surface area contributed by atoms with E-state index in [9.17, 15) is 4.79 Å². The zero-order valence-electron chi connectivity index (χ0n) is 8.63. The molecule has 2 rings (SSSR count). The molecule has 1 atom stereocenters. The summed E-state index contributed by atoms with van der Waals surface area (Å²) in [6.07, 6.45) is 1.60. The van der Waals surface area contributed by atoms with E-state index in [4.69, 9.17) is 5.11 Å². The molecule has 6 heteroatoms. The first-order valence-corrected chi connectivity index (χ1v) is 6.48. The fourth-order valence-corrected chi connectivity index (χ4v) is 2.26. The highest BCUT2D eigenvalue weighted by Gasteiger charge is 2.21. The van der Waals surface area contributed by atoms with Crippen LogP contribution in [0.5, 0.6) is 0 Å². The van der Waals surface area contributed by atoms with Crippen LogP contribution in [0.1, 0.15) is 11.0 Å². The average molecular weight is 313 g/mol. The van der Waals surface area contributed by atoms with Crippen molar-refractivity contribution in [1.82, 2.24) is 4.98 Å². The summed E-state index contributed by atoms with van der Waals surface area (Å²) in [7, 11) is 0. The second-order valence-corrected chi connectivity index (χ2v) is 5.13. The van der Waals surface area contributed by atoms with E-state index in [1.165, 1.54) is 11.3 Å². The number of nitrogens with one attached hydrogen (secondary N) is 1. The number of rotatable bonds is 4. The average Bonchev–Trinajstić information content (AvgIpc) is 2.81. The Balaban J connectivity index is 2.19. The normalized spacial score (nSPS) is 12.1. The maximum atomic E-state index is 11.2. The zero-order valence-corrected chi connectivity index (χ0v) is 11.0. The van der Waals surface area contributed by atoms with Gasteiger partial charge >= 0.3 is 5.97 Å². The second kappa shape index (κ2) is 5.29. The third-order valence-electron chi connectivity index (χ3n) is 2.10. The Morgan fingerprint density at radius 3 is 2.65 bits per heavy atom. The summed E-state index contributed by atoms with van der Waals surface area (Å²) < 4.78 is 0.948. The fraction of sp³-hybridized carbons (Fsp3) is 0.0909. The number of benzene rings is 1. The van der Waals surface area contributed by atoms with Gasteiger partial charge in [-0.1, -0.05) is 15.9 Å². The van der Waals surface area contributed by atoms with E-state index in [1.54, 1.807) is 11.6 Å². The lowest BCUT2D eigenvalue weighted by Gasteiger charge is -2.13. The van der Waals surface area contributed by atoms with E-state index in [0.717, 1.165) is 10.2 Å². The molecule has 4 nitrogen and oxygen atoms in total. The van der Waals surface area contributed by atoms with Crippen molar-refractivity contribution < 1.29 is 9.90 Å². The number of halogens is 1. The minimum absolute atomic E-state index is 0.542. The predicted molar refractivity (Wildman–Crippen MR) is 70.3 cm³/mol. The number of aliphatic carboxylic acids is 1. The van der Waals surface area contributed by atoms with Crippen molar-refractivity contribution in [3.8, 4) is 0 Å². The summed E-state index contributed by atoms with van der Waals surface area (Å²) >= 11 is 4.64. The molecule has 0 aliphatic carbocycles. The van der Waals surface area contributed by atoms with Gasteiger partial charge in [0.05, 0.1) is 0 Å². The molecule has 0 amide bonds. The van der Waals surface area contributed by atoms with Crippen LogP contribution in [0.3, 0.4) is 0 Å². The number of aromatic nitrogens is 1. The number of hydrogen-bond acceptors (Lipinski definition) is 4. The van der Waals surface area contributed by atoms with E-state index < -0.39 is 12.0 Å². The summed E-state index contributed by atoms with van der Waals surface area (Å²) in [5.74, 6) is -0.942. The number of carboxylic acid groups (broad SMARTS) is 1. The van der Waals surface area contributed by atoms with Crippen molar-refractivity contribution in [3.05, 3.63) is 45.3 Å². The van der Waals surface area contributed by atoms with Crippen LogP contribution in [0.15, 0.2) is 40.3 Å². The van der Waals surface area contributed by atoms with Crippen molar-refractivity contribution in [3.63, 3.8) is 0 Å².